The van der Waals surface area contributed by atoms with E-state index < -0.39 is 6.04 Å². The van der Waals surface area contributed by atoms with Gasteiger partial charge in [0.15, 0.2) is 0 Å². The zero-order valence-electron chi connectivity index (χ0n) is 12.1. The van der Waals surface area contributed by atoms with E-state index >= 15 is 0 Å². The third kappa shape index (κ3) is 4.03. The highest BCUT2D eigenvalue weighted by atomic mass is 32.1. The molecule has 0 unspecified atom stereocenters. The number of benzene rings is 1. The zero-order chi connectivity index (χ0) is 15.4. The van der Waals surface area contributed by atoms with E-state index in [-0.39, 0.29) is 11.7 Å². The Morgan fingerprint density at radius 3 is 2.67 bits per heavy atom. The van der Waals surface area contributed by atoms with E-state index in [4.69, 9.17) is 5.73 Å². The van der Waals surface area contributed by atoms with E-state index in [1.165, 1.54) is 11.3 Å². The number of rotatable bonds is 5. The molecule has 1 aromatic heterocycles. The molecule has 21 heavy (non-hydrogen) atoms. The number of phenolic OH excluding ortho intramolecular Hbond substituents is 1. The highest BCUT2D eigenvalue weighted by Gasteiger charge is 2.19. The van der Waals surface area contributed by atoms with Crippen LogP contribution in [-0.4, -0.2) is 34.0 Å². The van der Waals surface area contributed by atoms with Crippen LogP contribution in [0.4, 0.5) is 0 Å². The minimum absolute atomic E-state index is 0.101. The lowest BCUT2D eigenvalue weighted by Gasteiger charge is -2.21. The molecule has 0 radical (unpaired) electrons. The standard InChI is InChI=1S/C15H19N3O2S/c1-10-14(21-9-17-10)8-18(2)15(20)13(16)7-11-3-5-12(19)6-4-11/h3-6,9,13,19H,7-8,16H2,1-2H3/t13-/m1/s1. The van der Waals surface area contributed by atoms with Crippen molar-refractivity contribution in [2.45, 2.75) is 25.9 Å². The number of hydrogen-bond acceptors (Lipinski definition) is 5. The Bertz CT molecular complexity index is 610. The van der Waals surface area contributed by atoms with E-state index in [2.05, 4.69) is 4.98 Å². The second kappa shape index (κ2) is 6.69. The molecule has 1 amide bonds. The maximum atomic E-state index is 12.3. The normalized spacial score (nSPS) is 12.1. The second-order valence-electron chi connectivity index (χ2n) is 5.03. The van der Waals surface area contributed by atoms with Crippen LogP contribution in [0.1, 0.15) is 16.1 Å². The third-order valence-corrected chi connectivity index (χ3v) is 4.23. The Morgan fingerprint density at radius 1 is 1.43 bits per heavy atom. The molecule has 0 aliphatic carbocycles. The number of nitrogens with two attached hydrogens (primary N) is 1. The largest absolute Gasteiger partial charge is 0.508 e. The Hall–Kier alpha value is -1.92. The number of phenols is 1. The molecule has 2 aromatic rings. The van der Waals surface area contributed by atoms with Crippen molar-refractivity contribution in [3.05, 3.63) is 45.9 Å². The zero-order valence-corrected chi connectivity index (χ0v) is 12.9. The van der Waals surface area contributed by atoms with Gasteiger partial charge in [0.25, 0.3) is 0 Å². The first kappa shape index (κ1) is 15.5. The minimum atomic E-state index is -0.590. The van der Waals surface area contributed by atoms with E-state index in [1.807, 2.05) is 6.92 Å². The maximum Gasteiger partial charge on any atom is 0.239 e. The van der Waals surface area contributed by atoms with E-state index in [9.17, 15) is 9.90 Å². The summed E-state index contributed by atoms with van der Waals surface area (Å²) >= 11 is 1.54. The summed E-state index contributed by atoms with van der Waals surface area (Å²) in [5.41, 5.74) is 9.64. The molecule has 1 atom stereocenters. The summed E-state index contributed by atoms with van der Waals surface area (Å²) in [6.07, 6.45) is 0.450. The smallest absolute Gasteiger partial charge is 0.239 e. The molecule has 112 valence electrons. The molecule has 6 heteroatoms. The second-order valence-corrected chi connectivity index (χ2v) is 5.97. The molecule has 0 saturated carbocycles. The summed E-state index contributed by atoms with van der Waals surface area (Å²) in [7, 11) is 1.75. The van der Waals surface area contributed by atoms with E-state index in [0.29, 0.717) is 13.0 Å². The number of amides is 1. The predicted octanol–water partition coefficient (Wildman–Crippen LogP) is 1.69. The molecule has 0 spiro atoms. The minimum Gasteiger partial charge on any atom is -0.508 e. The van der Waals surface area contributed by atoms with Gasteiger partial charge in [-0.15, -0.1) is 11.3 Å². The lowest BCUT2D eigenvalue weighted by Crippen LogP contribution is -2.42. The topological polar surface area (TPSA) is 79.5 Å². The predicted molar refractivity (Wildman–Crippen MR) is 83.1 cm³/mol. The van der Waals surface area contributed by atoms with Crippen LogP contribution in [0.5, 0.6) is 5.75 Å². The van der Waals surface area contributed by atoms with Gasteiger partial charge in [0.1, 0.15) is 5.75 Å². The van der Waals surface area contributed by atoms with Crippen molar-refractivity contribution in [2.24, 2.45) is 5.73 Å². The highest BCUT2D eigenvalue weighted by Crippen LogP contribution is 2.15. The third-order valence-electron chi connectivity index (χ3n) is 3.31. The van der Waals surface area contributed by atoms with Crippen molar-refractivity contribution >= 4 is 17.2 Å². The molecule has 0 aliphatic heterocycles. The number of nitrogens with zero attached hydrogens (tertiary/aromatic N) is 2. The van der Waals surface area contributed by atoms with Gasteiger partial charge in [0.05, 0.1) is 23.8 Å². The number of carbonyl (C=O) groups excluding carboxylic acids is 1. The summed E-state index contributed by atoms with van der Waals surface area (Å²) in [6.45, 7) is 2.46. The van der Waals surface area contributed by atoms with Gasteiger partial charge in [0.2, 0.25) is 5.91 Å². The SMILES string of the molecule is Cc1ncsc1CN(C)C(=O)[C@H](N)Cc1ccc(O)cc1. The highest BCUT2D eigenvalue weighted by molar-refractivity contribution is 7.09. The fourth-order valence-electron chi connectivity index (χ4n) is 2.03. The molecule has 0 fully saturated rings. The van der Waals surface area contributed by atoms with Crippen LogP contribution in [0.2, 0.25) is 0 Å². The Kier molecular flexibility index (Phi) is 4.93. The first-order valence-electron chi connectivity index (χ1n) is 6.65. The van der Waals surface area contributed by atoms with Gasteiger partial charge in [-0.3, -0.25) is 4.79 Å². The molecule has 5 nitrogen and oxygen atoms in total. The van der Waals surface area contributed by atoms with Gasteiger partial charge in [-0.25, -0.2) is 4.98 Å². The van der Waals surface area contributed by atoms with Crippen LogP contribution in [0, 0.1) is 6.92 Å². The van der Waals surface area contributed by atoms with Crippen molar-refractivity contribution in [1.82, 2.24) is 9.88 Å². The lowest BCUT2D eigenvalue weighted by atomic mass is 10.1. The van der Waals surface area contributed by atoms with Crippen molar-refractivity contribution in [3.8, 4) is 5.75 Å². The van der Waals surface area contributed by atoms with Gasteiger partial charge >= 0.3 is 0 Å². The monoisotopic (exact) mass is 305 g/mol. The quantitative estimate of drug-likeness (QED) is 0.881. The molecule has 3 N–H and O–H groups in total. The number of likely N-dealkylation sites (N-methyl/N-ethyl adjacent to an activating group) is 1. The average Bonchev–Trinajstić information content (AvgIpc) is 2.86. The van der Waals surface area contributed by atoms with Crippen LogP contribution in [0.25, 0.3) is 0 Å². The van der Waals surface area contributed by atoms with Crippen LogP contribution in [0.3, 0.4) is 0 Å². The van der Waals surface area contributed by atoms with Gasteiger partial charge in [-0.1, -0.05) is 12.1 Å². The van der Waals surface area contributed by atoms with E-state index in [0.717, 1.165) is 16.1 Å². The summed E-state index contributed by atoms with van der Waals surface area (Å²) < 4.78 is 0. The molecule has 0 saturated heterocycles. The number of carbonyl (C=O) groups is 1. The number of hydrogen-bond donors (Lipinski definition) is 2. The summed E-state index contributed by atoms with van der Waals surface area (Å²) in [5, 5.41) is 9.25. The van der Waals surface area contributed by atoms with Crippen molar-refractivity contribution in [1.29, 1.82) is 0 Å². The van der Waals surface area contributed by atoms with Gasteiger partial charge in [0, 0.05) is 11.9 Å². The maximum absolute atomic E-state index is 12.3. The molecular formula is C15H19N3O2S. The Morgan fingerprint density at radius 2 is 2.10 bits per heavy atom. The Balaban J connectivity index is 1.95. The average molecular weight is 305 g/mol. The van der Waals surface area contributed by atoms with E-state index in [1.54, 1.807) is 41.7 Å². The fourth-order valence-corrected chi connectivity index (χ4v) is 2.86. The van der Waals surface area contributed by atoms with Crippen LogP contribution < -0.4 is 5.73 Å². The number of aryl methyl sites for hydroxylation is 1. The lowest BCUT2D eigenvalue weighted by molar-refractivity contribution is -0.131. The Labute approximate surface area is 128 Å². The molecule has 0 aliphatic rings. The summed E-state index contributed by atoms with van der Waals surface area (Å²) in [6, 6.07) is 6.15. The fraction of sp³-hybridized carbons (Fsp3) is 0.333. The number of aromatic hydroxyl groups is 1. The molecular weight excluding hydrogens is 286 g/mol. The molecule has 1 aromatic carbocycles. The first-order valence-corrected chi connectivity index (χ1v) is 7.52. The molecule has 2 rings (SSSR count). The van der Waals surface area contributed by atoms with Crippen molar-refractivity contribution in [3.63, 3.8) is 0 Å². The summed E-state index contributed by atoms with van der Waals surface area (Å²) in [4.78, 5) is 19.2. The number of aromatic nitrogens is 1. The van der Waals surface area contributed by atoms with Gasteiger partial charge < -0.3 is 15.7 Å². The van der Waals surface area contributed by atoms with Crippen molar-refractivity contribution < 1.29 is 9.90 Å². The van der Waals surface area contributed by atoms with Crippen molar-refractivity contribution in [2.75, 3.05) is 7.05 Å². The van der Waals surface area contributed by atoms with Crippen LogP contribution in [-0.2, 0) is 17.8 Å². The van der Waals surface area contributed by atoms with Gasteiger partial charge in [-0.2, -0.15) is 0 Å². The molecule has 1 heterocycles. The van der Waals surface area contributed by atoms with Gasteiger partial charge in [-0.05, 0) is 31.0 Å². The van der Waals surface area contributed by atoms with Crippen LogP contribution >= 0.6 is 11.3 Å². The summed E-state index contributed by atoms with van der Waals surface area (Å²) in [5.74, 6) is 0.104. The first-order chi connectivity index (χ1) is 9.97. The van der Waals surface area contributed by atoms with Crippen LogP contribution in [0.15, 0.2) is 29.8 Å². The molecule has 0 bridgehead atoms. The number of thiazole rings is 1.